The summed E-state index contributed by atoms with van der Waals surface area (Å²) in [6, 6.07) is 4.33. The Bertz CT molecular complexity index is 336. The van der Waals surface area contributed by atoms with E-state index in [1.165, 1.54) is 31.4 Å². The zero-order valence-electron chi connectivity index (χ0n) is 7.03. The second-order valence-corrected chi connectivity index (χ2v) is 2.24. The number of carbonyl (C=O) groups excluding carboxylic acids is 1. The average molecular weight is 181 g/mol. The average Bonchev–Trinajstić information content (AvgIpc) is 2.14. The number of ether oxygens (including phenoxy) is 1. The summed E-state index contributed by atoms with van der Waals surface area (Å²) in [5.41, 5.74) is 0.380. The van der Waals surface area contributed by atoms with E-state index in [4.69, 9.17) is 0 Å². The molecule has 1 heterocycles. The van der Waals surface area contributed by atoms with Crippen LogP contribution in [0, 0.1) is 5.95 Å². The van der Waals surface area contributed by atoms with Crippen molar-refractivity contribution in [1.82, 2.24) is 4.98 Å². The maximum Gasteiger partial charge on any atom is 0.330 e. The number of nitrogens with zero attached hydrogens (tertiary/aromatic N) is 1. The van der Waals surface area contributed by atoms with E-state index in [0.717, 1.165) is 0 Å². The van der Waals surface area contributed by atoms with E-state index in [1.807, 2.05) is 0 Å². The van der Waals surface area contributed by atoms with Gasteiger partial charge in [-0.2, -0.15) is 4.39 Å². The molecule has 0 aliphatic heterocycles. The van der Waals surface area contributed by atoms with Gasteiger partial charge in [-0.3, -0.25) is 0 Å². The minimum atomic E-state index is -0.577. The van der Waals surface area contributed by atoms with Crippen LogP contribution >= 0.6 is 0 Å². The summed E-state index contributed by atoms with van der Waals surface area (Å²) in [5.74, 6) is -1.07. The highest BCUT2D eigenvalue weighted by Crippen LogP contribution is 1.99. The number of rotatable bonds is 2. The molecule has 0 bridgehead atoms. The van der Waals surface area contributed by atoms with E-state index >= 15 is 0 Å². The van der Waals surface area contributed by atoms with Gasteiger partial charge in [-0.25, -0.2) is 9.78 Å². The minimum Gasteiger partial charge on any atom is -0.466 e. The molecule has 1 rings (SSSR count). The van der Waals surface area contributed by atoms with Crippen molar-refractivity contribution in [2.45, 2.75) is 0 Å². The van der Waals surface area contributed by atoms with Gasteiger partial charge in [-0.1, -0.05) is 6.07 Å². The second kappa shape index (κ2) is 4.35. The lowest BCUT2D eigenvalue weighted by Crippen LogP contribution is -1.94. The van der Waals surface area contributed by atoms with Crippen LogP contribution in [-0.2, 0) is 9.53 Å². The zero-order chi connectivity index (χ0) is 9.68. The van der Waals surface area contributed by atoms with E-state index in [1.54, 1.807) is 6.07 Å². The summed E-state index contributed by atoms with van der Waals surface area (Å²) >= 11 is 0. The number of hydrogen-bond donors (Lipinski definition) is 0. The topological polar surface area (TPSA) is 39.2 Å². The molecule has 0 saturated carbocycles. The first kappa shape index (κ1) is 9.38. The fourth-order valence-corrected chi connectivity index (χ4v) is 0.738. The molecule has 0 atom stereocenters. The fraction of sp³-hybridized carbons (Fsp3) is 0.111. The number of methoxy groups -OCH3 is 1. The quantitative estimate of drug-likeness (QED) is 0.393. The predicted octanol–water partition coefficient (Wildman–Crippen LogP) is 1.41. The summed E-state index contributed by atoms with van der Waals surface area (Å²) in [7, 11) is 1.27. The van der Waals surface area contributed by atoms with E-state index in [9.17, 15) is 9.18 Å². The second-order valence-electron chi connectivity index (χ2n) is 2.24. The van der Waals surface area contributed by atoms with Crippen molar-refractivity contribution in [2.24, 2.45) is 0 Å². The highest BCUT2D eigenvalue weighted by atomic mass is 19.1. The molecule has 13 heavy (non-hydrogen) atoms. The third-order valence-electron chi connectivity index (χ3n) is 1.33. The number of esters is 1. The Morgan fingerprint density at radius 1 is 1.62 bits per heavy atom. The van der Waals surface area contributed by atoms with Gasteiger partial charge in [-0.15, -0.1) is 0 Å². The standard InChI is InChI=1S/C9H8FNO2/c1-13-9(12)6-5-7-3-2-4-8(10)11-7/h2-6H,1H3/b6-5+. The molecule has 68 valence electrons. The van der Waals surface area contributed by atoms with Gasteiger partial charge in [0.1, 0.15) is 0 Å². The lowest BCUT2D eigenvalue weighted by Gasteiger charge is -1.92. The Kier molecular flexibility index (Phi) is 3.14. The zero-order valence-corrected chi connectivity index (χ0v) is 7.03. The van der Waals surface area contributed by atoms with E-state index in [-0.39, 0.29) is 0 Å². The Morgan fingerprint density at radius 3 is 3.00 bits per heavy atom. The molecule has 0 N–H and O–H groups in total. The van der Waals surface area contributed by atoms with Gasteiger partial charge in [0, 0.05) is 6.08 Å². The first-order valence-electron chi connectivity index (χ1n) is 3.61. The van der Waals surface area contributed by atoms with Crippen LogP contribution < -0.4 is 0 Å². The molecule has 0 spiro atoms. The molecule has 0 unspecified atom stereocenters. The summed E-state index contributed by atoms with van der Waals surface area (Å²) in [6.45, 7) is 0. The summed E-state index contributed by atoms with van der Waals surface area (Å²) in [5, 5.41) is 0. The van der Waals surface area contributed by atoms with Crippen LogP contribution in [0.2, 0.25) is 0 Å². The molecule has 0 amide bonds. The van der Waals surface area contributed by atoms with Gasteiger partial charge < -0.3 is 4.74 Å². The van der Waals surface area contributed by atoms with Crippen molar-refractivity contribution in [3.63, 3.8) is 0 Å². The van der Waals surface area contributed by atoms with Crippen LogP contribution in [0.3, 0.4) is 0 Å². The maximum atomic E-state index is 12.5. The minimum absolute atomic E-state index is 0.380. The SMILES string of the molecule is COC(=O)/C=C/c1cccc(F)n1. The normalized spacial score (nSPS) is 10.3. The molecule has 3 nitrogen and oxygen atoms in total. The largest absolute Gasteiger partial charge is 0.466 e. The molecule has 0 aromatic carbocycles. The number of carbonyl (C=O) groups is 1. The molecular formula is C9H8FNO2. The Morgan fingerprint density at radius 2 is 2.38 bits per heavy atom. The van der Waals surface area contributed by atoms with Crippen molar-refractivity contribution in [2.75, 3.05) is 7.11 Å². The molecule has 4 heteroatoms. The van der Waals surface area contributed by atoms with Crippen molar-refractivity contribution in [3.05, 3.63) is 35.9 Å². The van der Waals surface area contributed by atoms with Gasteiger partial charge in [0.2, 0.25) is 5.95 Å². The Labute approximate surface area is 74.9 Å². The predicted molar refractivity (Wildman–Crippen MR) is 45.2 cm³/mol. The van der Waals surface area contributed by atoms with Crippen LogP contribution in [0.4, 0.5) is 4.39 Å². The maximum absolute atomic E-state index is 12.5. The Balaban J connectivity index is 2.74. The number of hydrogen-bond acceptors (Lipinski definition) is 3. The monoisotopic (exact) mass is 181 g/mol. The third kappa shape index (κ3) is 3.02. The lowest BCUT2D eigenvalue weighted by atomic mass is 10.3. The summed E-state index contributed by atoms with van der Waals surface area (Å²) in [6.07, 6.45) is 2.57. The lowest BCUT2D eigenvalue weighted by molar-refractivity contribution is -0.134. The Hall–Kier alpha value is -1.71. The van der Waals surface area contributed by atoms with Crippen molar-refractivity contribution < 1.29 is 13.9 Å². The van der Waals surface area contributed by atoms with Crippen LogP contribution in [-0.4, -0.2) is 18.1 Å². The van der Waals surface area contributed by atoms with E-state index in [0.29, 0.717) is 5.69 Å². The van der Waals surface area contributed by atoms with Crippen LogP contribution in [0.25, 0.3) is 6.08 Å². The summed E-state index contributed by atoms with van der Waals surface area (Å²) < 4.78 is 16.9. The van der Waals surface area contributed by atoms with Crippen LogP contribution in [0.1, 0.15) is 5.69 Å². The third-order valence-corrected chi connectivity index (χ3v) is 1.33. The first-order valence-corrected chi connectivity index (χ1v) is 3.61. The summed E-state index contributed by atoms with van der Waals surface area (Å²) in [4.78, 5) is 14.2. The van der Waals surface area contributed by atoms with Crippen LogP contribution in [0.15, 0.2) is 24.3 Å². The van der Waals surface area contributed by atoms with Crippen molar-refractivity contribution in [3.8, 4) is 0 Å². The molecule has 0 fully saturated rings. The highest BCUT2D eigenvalue weighted by molar-refractivity contribution is 5.86. The van der Waals surface area contributed by atoms with Crippen molar-refractivity contribution >= 4 is 12.0 Å². The molecule has 0 aliphatic carbocycles. The van der Waals surface area contributed by atoms with Crippen molar-refractivity contribution in [1.29, 1.82) is 0 Å². The highest BCUT2D eigenvalue weighted by Gasteiger charge is 1.94. The van der Waals surface area contributed by atoms with Gasteiger partial charge in [0.15, 0.2) is 0 Å². The van der Waals surface area contributed by atoms with Gasteiger partial charge in [-0.05, 0) is 18.2 Å². The van der Waals surface area contributed by atoms with Gasteiger partial charge in [0.05, 0.1) is 12.8 Å². The van der Waals surface area contributed by atoms with E-state index < -0.39 is 11.9 Å². The molecule has 0 aliphatic rings. The fourth-order valence-electron chi connectivity index (χ4n) is 0.738. The molecule has 1 aromatic heterocycles. The molecular weight excluding hydrogens is 173 g/mol. The van der Waals surface area contributed by atoms with E-state index in [2.05, 4.69) is 9.72 Å². The first-order chi connectivity index (χ1) is 6.22. The molecule has 1 aromatic rings. The number of aromatic nitrogens is 1. The van der Waals surface area contributed by atoms with Crippen LogP contribution in [0.5, 0.6) is 0 Å². The number of pyridine rings is 1. The van der Waals surface area contributed by atoms with Gasteiger partial charge >= 0.3 is 5.97 Å². The molecule has 0 radical (unpaired) electrons. The smallest absolute Gasteiger partial charge is 0.330 e. The van der Waals surface area contributed by atoms with Gasteiger partial charge in [0.25, 0.3) is 0 Å². The number of halogens is 1. The molecule has 0 saturated heterocycles.